The molecule has 2 aromatic carbocycles. The molecule has 0 amide bonds. The summed E-state index contributed by atoms with van der Waals surface area (Å²) in [6.07, 6.45) is 0. The van der Waals surface area contributed by atoms with Crippen LogP contribution in [0.25, 0.3) is 0 Å². The van der Waals surface area contributed by atoms with Crippen LogP contribution in [0.1, 0.15) is 23.6 Å². The maximum absolute atomic E-state index is 13.3. The fourth-order valence-electron chi connectivity index (χ4n) is 1.95. The molecule has 0 aliphatic carbocycles. The topological polar surface area (TPSA) is 41.8 Å². The van der Waals surface area contributed by atoms with Crippen molar-refractivity contribution in [1.82, 2.24) is 0 Å². The lowest BCUT2D eigenvalue weighted by molar-refractivity contribution is 0.301. The molecule has 0 atom stereocenters. The molecule has 0 heterocycles. The molecule has 2 rings (SSSR count). The Hall–Kier alpha value is -2.43. The molecule has 110 valence electrons. The van der Waals surface area contributed by atoms with E-state index in [1.165, 1.54) is 30.3 Å². The largest absolute Gasteiger partial charge is 0.488 e. The molecule has 0 aliphatic heterocycles. The van der Waals surface area contributed by atoms with Gasteiger partial charge in [0.05, 0.1) is 5.71 Å². The van der Waals surface area contributed by atoms with E-state index in [9.17, 15) is 8.78 Å². The van der Waals surface area contributed by atoms with Gasteiger partial charge in [-0.2, -0.15) is 0 Å². The van der Waals surface area contributed by atoms with Gasteiger partial charge in [0.15, 0.2) is 0 Å². The maximum Gasteiger partial charge on any atom is 0.131 e. The highest BCUT2D eigenvalue weighted by atomic mass is 19.1. The van der Waals surface area contributed by atoms with E-state index in [4.69, 9.17) is 9.94 Å². The summed E-state index contributed by atoms with van der Waals surface area (Å²) in [7, 11) is 0. The Morgan fingerprint density at radius 2 is 1.81 bits per heavy atom. The quantitative estimate of drug-likeness (QED) is 0.524. The summed E-state index contributed by atoms with van der Waals surface area (Å²) in [4.78, 5) is 0. The van der Waals surface area contributed by atoms with Crippen molar-refractivity contribution >= 4 is 5.71 Å². The molecular formula is C16H15F2NO2. The Balaban J connectivity index is 2.25. The number of aryl methyl sites for hydroxylation is 1. The summed E-state index contributed by atoms with van der Waals surface area (Å²) in [6.45, 7) is 3.53. The van der Waals surface area contributed by atoms with E-state index >= 15 is 0 Å². The van der Waals surface area contributed by atoms with Crippen molar-refractivity contribution in [3.05, 3.63) is 64.7 Å². The lowest BCUT2D eigenvalue weighted by Crippen LogP contribution is -2.04. The van der Waals surface area contributed by atoms with Gasteiger partial charge in [-0.1, -0.05) is 11.2 Å². The van der Waals surface area contributed by atoms with Crippen molar-refractivity contribution in [2.75, 3.05) is 0 Å². The van der Waals surface area contributed by atoms with Gasteiger partial charge in [-0.05, 0) is 49.2 Å². The average molecular weight is 291 g/mol. The minimum absolute atomic E-state index is 0.168. The van der Waals surface area contributed by atoms with Gasteiger partial charge in [0, 0.05) is 11.6 Å². The van der Waals surface area contributed by atoms with Gasteiger partial charge in [-0.3, -0.25) is 0 Å². The van der Waals surface area contributed by atoms with E-state index in [0.29, 0.717) is 11.3 Å². The number of hydrogen-bond acceptors (Lipinski definition) is 3. The molecule has 0 aromatic heterocycles. The molecule has 0 saturated carbocycles. The molecule has 0 saturated heterocycles. The number of hydrogen-bond donors (Lipinski definition) is 1. The molecule has 2 aromatic rings. The summed E-state index contributed by atoms with van der Waals surface area (Å²) < 4.78 is 32.0. The predicted molar refractivity (Wildman–Crippen MR) is 75.9 cm³/mol. The number of oxime groups is 1. The normalized spacial score (nSPS) is 11.5. The summed E-state index contributed by atoms with van der Waals surface area (Å²) in [5.74, 6) is -0.490. The third-order valence-electron chi connectivity index (χ3n) is 3.17. The Labute approximate surface area is 121 Å². The molecule has 3 nitrogen and oxygen atoms in total. The minimum atomic E-state index is -0.449. The fourth-order valence-corrected chi connectivity index (χ4v) is 1.95. The molecule has 0 fully saturated rings. The number of rotatable bonds is 4. The predicted octanol–water partition coefficient (Wildman–Crippen LogP) is 4.05. The van der Waals surface area contributed by atoms with E-state index in [0.717, 1.165) is 11.1 Å². The van der Waals surface area contributed by atoms with Crippen molar-refractivity contribution in [2.24, 2.45) is 5.16 Å². The first-order valence-electron chi connectivity index (χ1n) is 6.37. The van der Waals surface area contributed by atoms with Crippen LogP contribution < -0.4 is 4.74 Å². The number of halogens is 2. The molecule has 5 heteroatoms. The Bertz CT molecular complexity index is 684. The molecule has 0 spiro atoms. The Kier molecular flexibility index (Phi) is 4.52. The second kappa shape index (κ2) is 6.35. The summed E-state index contributed by atoms with van der Waals surface area (Å²) in [5, 5.41) is 11.9. The first kappa shape index (κ1) is 15.0. The molecule has 0 radical (unpaired) electrons. The van der Waals surface area contributed by atoms with Gasteiger partial charge >= 0.3 is 0 Å². The number of nitrogens with zero attached hydrogens (tertiary/aromatic N) is 1. The lowest BCUT2D eigenvalue weighted by atomic mass is 10.1. The van der Waals surface area contributed by atoms with Crippen LogP contribution in [0.4, 0.5) is 8.78 Å². The van der Waals surface area contributed by atoms with E-state index in [-0.39, 0.29) is 18.2 Å². The van der Waals surface area contributed by atoms with Crippen molar-refractivity contribution < 1.29 is 18.7 Å². The number of benzene rings is 2. The lowest BCUT2D eigenvalue weighted by Gasteiger charge is -2.12. The van der Waals surface area contributed by atoms with Crippen LogP contribution in [0.3, 0.4) is 0 Å². The van der Waals surface area contributed by atoms with Crippen LogP contribution in [-0.2, 0) is 6.61 Å². The SMILES string of the molecule is C/C(=N/O)c1ccc(F)cc1OCc1ccc(F)cc1C. The minimum Gasteiger partial charge on any atom is -0.488 e. The Morgan fingerprint density at radius 1 is 1.14 bits per heavy atom. The third kappa shape index (κ3) is 3.56. The smallest absolute Gasteiger partial charge is 0.131 e. The van der Waals surface area contributed by atoms with Crippen LogP contribution in [-0.4, -0.2) is 10.9 Å². The second-order valence-corrected chi connectivity index (χ2v) is 4.69. The summed E-state index contributed by atoms with van der Waals surface area (Å²) in [5.41, 5.74) is 2.37. The molecule has 0 bridgehead atoms. The first-order chi connectivity index (χ1) is 10.0. The van der Waals surface area contributed by atoms with E-state index in [1.807, 2.05) is 0 Å². The van der Waals surface area contributed by atoms with Gasteiger partial charge < -0.3 is 9.94 Å². The van der Waals surface area contributed by atoms with E-state index < -0.39 is 5.82 Å². The van der Waals surface area contributed by atoms with E-state index in [2.05, 4.69) is 5.16 Å². The van der Waals surface area contributed by atoms with Crippen molar-refractivity contribution in [2.45, 2.75) is 20.5 Å². The van der Waals surface area contributed by atoms with Crippen molar-refractivity contribution in [3.63, 3.8) is 0 Å². The van der Waals surface area contributed by atoms with Crippen LogP contribution in [0.15, 0.2) is 41.6 Å². The third-order valence-corrected chi connectivity index (χ3v) is 3.17. The van der Waals surface area contributed by atoms with E-state index in [1.54, 1.807) is 19.9 Å². The van der Waals surface area contributed by atoms with Gasteiger partial charge in [0.1, 0.15) is 24.0 Å². The zero-order valence-corrected chi connectivity index (χ0v) is 11.7. The van der Waals surface area contributed by atoms with Crippen LogP contribution in [0.5, 0.6) is 5.75 Å². The molecular weight excluding hydrogens is 276 g/mol. The summed E-state index contributed by atoms with van der Waals surface area (Å²) >= 11 is 0. The highest BCUT2D eigenvalue weighted by Crippen LogP contribution is 2.23. The standard InChI is InChI=1S/C16H15F2NO2/c1-10-7-13(17)4-3-12(10)9-21-16-8-14(18)5-6-15(16)11(2)19-20/h3-8,20H,9H2,1-2H3/b19-11-. The van der Waals surface area contributed by atoms with Crippen molar-refractivity contribution in [1.29, 1.82) is 0 Å². The monoisotopic (exact) mass is 291 g/mol. The second-order valence-electron chi connectivity index (χ2n) is 4.69. The molecule has 0 aliphatic rings. The van der Waals surface area contributed by atoms with Gasteiger partial charge in [0.2, 0.25) is 0 Å². The molecule has 1 N–H and O–H groups in total. The van der Waals surface area contributed by atoms with Gasteiger partial charge in [-0.15, -0.1) is 0 Å². The highest BCUT2D eigenvalue weighted by Gasteiger charge is 2.10. The van der Waals surface area contributed by atoms with Gasteiger partial charge in [0.25, 0.3) is 0 Å². The first-order valence-corrected chi connectivity index (χ1v) is 6.37. The highest BCUT2D eigenvalue weighted by molar-refractivity contribution is 6.00. The average Bonchev–Trinajstić information content (AvgIpc) is 2.45. The number of ether oxygens (including phenoxy) is 1. The van der Waals surface area contributed by atoms with Gasteiger partial charge in [-0.25, -0.2) is 8.78 Å². The van der Waals surface area contributed by atoms with Crippen LogP contribution in [0, 0.1) is 18.6 Å². The van der Waals surface area contributed by atoms with Crippen molar-refractivity contribution in [3.8, 4) is 5.75 Å². The molecule has 0 unspecified atom stereocenters. The summed E-state index contributed by atoms with van der Waals surface area (Å²) in [6, 6.07) is 8.35. The van der Waals surface area contributed by atoms with Crippen LogP contribution >= 0.6 is 0 Å². The zero-order valence-electron chi connectivity index (χ0n) is 11.7. The zero-order chi connectivity index (χ0) is 15.4. The fraction of sp³-hybridized carbons (Fsp3) is 0.188. The maximum atomic E-state index is 13.3. The van der Waals surface area contributed by atoms with Crippen LogP contribution in [0.2, 0.25) is 0 Å². The Morgan fingerprint density at radius 3 is 2.48 bits per heavy atom. The molecule has 21 heavy (non-hydrogen) atoms.